The zero-order valence-corrected chi connectivity index (χ0v) is 12.3. The van der Waals surface area contributed by atoms with Crippen LogP contribution in [0.3, 0.4) is 0 Å². The van der Waals surface area contributed by atoms with Crippen LogP contribution in [0.1, 0.15) is 5.56 Å². The fourth-order valence-corrected chi connectivity index (χ4v) is 2.45. The third-order valence-electron chi connectivity index (χ3n) is 2.44. The number of hydrogen-bond acceptors (Lipinski definition) is 2. The van der Waals surface area contributed by atoms with Crippen LogP contribution in [0.4, 0.5) is 5.69 Å². The van der Waals surface area contributed by atoms with Crippen LogP contribution in [0.15, 0.2) is 41.1 Å². The maximum atomic E-state index is 5.84. The van der Waals surface area contributed by atoms with Crippen molar-refractivity contribution in [3.63, 3.8) is 0 Å². The van der Waals surface area contributed by atoms with E-state index < -0.39 is 0 Å². The summed E-state index contributed by atoms with van der Waals surface area (Å²) in [4.78, 5) is 2.01. The molecule has 0 radical (unpaired) electrons. The van der Waals surface area contributed by atoms with Crippen LogP contribution < -0.4 is 5.32 Å². The van der Waals surface area contributed by atoms with Crippen molar-refractivity contribution in [2.45, 2.75) is 6.54 Å². The van der Waals surface area contributed by atoms with Gasteiger partial charge < -0.3 is 10.2 Å². The summed E-state index contributed by atoms with van der Waals surface area (Å²) in [6, 6.07) is 9.60. The quantitative estimate of drug-likeness (QED) is 0.853. The van der Waals surface area contributed by atoms with Crippen molar-refractivity contribution in [1.29, 1.82) is 0 Å². The molecule has 0 fully saturated rings. The van der Waals surface area contributed by atoms with E-state index in [9.17, 15) is 0 Å². The number of hydrogen-bond donors (Lipinski definition) is 1. The summed E-state index contributed by atoms with van der Waals surface area (Å²) in [6.45, 7) is 0.808. The van der Waals surface area contributed by atoms with Gasteiger partial charge in [0.15, 0.2) is 5.11 Å². The summed E-state index contributed by atoms with van der Waals surface area (Å²) in [5.41, 5.74) is 2.21. The lowest BCUT2D eigenvalue weighted by molar-refractivity contribution is 0.509. The lowest BCUT2D eigenvalue weighted by atomic mass is 10.3. The first-order chi connectivity index (χ1) is 8.65. The Hall–Kier alpha value is -1.10. The molecule has 0 atom stereocenters. The Morgan fingerprint density at radius 3 is 2.67 bits per heavy atom. The number of nitrogens with zero attached hydrogens (tertiary/aromatic N) is 1. The molecular weight excluding hydrogens is 284 g/mol. The van der Waals surface area contributed by atoms with Gasteiger partial charge in [0.05, 0.1) is 0 Å². The zero-order chi connectivity index (χ0) is 13.0. The van der Waals surface area contributed by atoms with Gasteiger partial charge in [-0.2, -0.15) is 11.3 Å². The highest BCUT2D eigenvalue weighted by atomic mass is 35.5. The second-order valence-corrected chi connectivity index (χ2v) is 5.53. The first kappa shape index (κ1) is 13.3. The van der Waals surface area contributed by atoms with Crippen LogP contribution in [-0.2, 0) is 6.54 Å². The lowest BCUT2D eigenvalue weighted by Crippen LogP contribution is -2.30. The highest BCUT2D eigenvalue weighted by Crippen LogP contribution is 2.14. The Kier molecular flexibility index (Phi) is 4.58. The van der Waals surface area contributed by atoms with Crippen LogP contribution in [0.5, 0.6) is 0 Å². The second kappa shape index (κ2) is 6.18. The molecule has 2 rings (SSSR count). The van der Waals surface area contributed by atoms with Crippen LogP contribution in [0, 0.1) is 0 Å². The Bertz CT molecular complexity index is 508. The van der Waals surface area contributed by atoms with Crippen LogP contribution in [0.2, 0.25) is 5.02 Å². The molecule has 0 spiro atoms. The van der Waals surface area contributed by atoms with Crippen molar-refractivity contribution in [2.75, 3.05) is 12.4 Å². The Balaban J connectivity index is 1.93. The van der Waals surface area contributed by atoms with Crippen LogP contribution in [0.25, 0.3) is 0 Å². The predicted octanol–water partition coefficient (Wildman–Crippen LogP) is 4.23. The molecule has 5 heteroatoms. The monoisotopic (exact) mass is 296 g/mol. The summed E-state index contributed by atoms with van der Waals surface area (Å²) in [5.74, 6) is 0. The van der Waals surface area contributed by atoms with Crippen LogP contribution in [-0.4, -0.2) is 17.1 Å². The summed E-state index contributed by atoms with van der Waals surface area (Å²) in [5, 5.41) is 8.80. The van der Waals surface area contributed by atoms with Crippen molar-refractivity contribution >= 4 is 46.0 Å². The van der Waals surface area contributed by atoms with Gasteiger partial charge in [-0.05, 0) is 58.9 Å². The first-order valence-corrected chi connectivity index (χ1v) is 7.17. The van der Waals surface area contributed by atoms with E-state index in [4.69, 9.17) is 23.8 Å². The molecule has 0 bridgehead atoms. The zero-order valence-electron chi connectivity index (χ0n) is 9.89. The fourth-order valence-electron chi connectivity index (χ4n) is 1.48. The number of halogens is 1. The molecule has 0 aliphatic heterocycles. The highest BCUT2D eigenvalue weighted by Gasteiger charge is 2.05. The van der Waals surface area contributed by atoms with Crippen LogP contribution >= 0.6 is 35.2 Å². The van der Waals surface area contributed by atoms with Crippen molar-refractivity contribution in [3.05, 3.63) is 51.7 Å². The van der Waals surface area contributed by atoms with E-state index >= 15 is 0 Å². The van der Waals surface area contributed by atoms with Gasteiger partial charge in [0.2, 0.25) is 0 Å². The van der Waals surface area contributed by atoms with Gasteiger partial charge in [-0.25, -0.2) is 0 Å². The molecule has 1 heterocycles. The molecule has 1 aromatic heterocycles. The van der Waals surface area contributed by atoms with E-state index in [0.29, 0.717) is 5.11 Å². The number of anilines is 1. The topological polar surface area (TPSA) is 15.3 Å². The normalized spacial score (nSPS) is 10.1. The Morgan fingerprint density at radius 2 is 2.06 bits per heavy atom. The summed E-state index contributed by atoms with van der Waals surface area (Å²) in [7, 11) is 1.98. The van der Waals surface area contributed by atoms with Gasteiger partial charge in [0.25, 0.3) is 0 Å². The van der Waals surface area contributed by atoms with Crippen molar-refractivity contribution in [2.24, 2.45) is 0 Å². The van der Waals surface area contributed by atoms with E-state index in [1.54, 1.807) is 11.3 Å². The summed E-state index contributed by atoms with van der Waals surface area (Å²) >= 11 is 12.9. The number of rotatable bonds is 3. The molecular formula is C13H13ClN2S2. The molecule has 1 N–H and O–H groups in total. The fraction of sp³-hybridized carbons (Fsp3) is 0.154. The van der Waals surface area contributed by atoms with E-state index in [1.165, 1.54) is 5.56 Å². The molecule has 0 amide bonds. The minimum Gasteiger partial charge on any atom is -0.348 e. The number of nitrogens with one attached hydrogen (secondary N) is 1. The third kappa shape index (κ3) is 3.70. The van der Waals surface area contributed by atoms with Crippen molar-refractivity contribution in [3.8, 4) is 0 Å². The molecule has 0 aliphatic carbocycles. The second-order valence-electron chi connectivity index (χ2n) is 3.92. The minimum atomic E-state index is 0.698. The van der Waals surface area contributed by atoms with Gasteiger partial charge >= 0.3 is 0 Å². The molecule has 0 saturated heterocycles. The van der Waals surface area contributed by atoms with Gasteiger partial charge in [-0.3, -0.25) is 0 Å². The van der Waals surface area contributed by atoms with E-state index in [0.717, 1.165) is 17.3 Å². The molecule has 2 aromatic rings. The first-order valence-electron chi connectivity index (χ1n) is 5.44. The van der Waals surface area contributed by atoms with Crippen molar-refractivity contribution in [1.82, 2.24) is 4.90 Å². The number of thiocarbonyl (C=S) groups is 1. The molecule has 18 heavy (non-hydrogen) atoms. The average molecular weight is 297 g/mol. The van der Waals surface area contributed by atoms with E-state index in [1.807, 2.05) is 36.2 Å². The van der Waals surface area contributed by atoms with Gasteiger partial charge in [0, 0.05) is 24.3 Å². The molecule has 1 aromatic carbocycles. The Labute approximate surface area is 121 Å². The van der Waals surface area contributed by atoms with E-state index in [2.05, 4.69) is 22.1 Å². The van der Waals surface area contributed by atoms with Crippen molar-refractivity contribution < 1.29 is 0 Å². The largest absolute Gasteiger partial charge is 0.348 e. The molecule has 0 saturated carbocycles. The minimum absolute atomic E-state index is 0.698. The van der Waals surface area contributed by atoms with Gasteiger partial charge in [-0.1, -0.05) is 11.6 Å². The molecule has 0 aliphatic rings. The maximum absolute atomic E-state index is 5.84. The average Bonchev–Trinajstić information content (AvgIpc) is 2.85. The van der Waals surface area contributed by atoms with Gasteiger partial charge in [0.1, 0.15) is 0 Å². The molecule has 94 valence electrons. The summed E-state index contributed by atoms with van der Waals surface area (Å²) in [6.07, 6.45) is 0. The summed E-state index contributed by atoms with van der Waals surface area (Å²) < 4.78 is 0. The lowest BCUT2D eigenvalue weighted by Gasteiger charge is -2.20. The molecule has 2 nitrogen and oxygen atoms in total. The smallest absolute Gasteiger partial charge is 0.173 e. The number of benzene rings is 1. The van der Waals surface area contributed by atoms with E-state index in [-0.39, 0.29) is 0 Å². The SMILES string of the molecule is CN(Cc1ccsc1)C(=S)Nc1ccc(Cl)cc1. The Morgan fingerprint density at radius 1 is 1.33 bits per heavy atom. The third-order valence-corrected chi connectivity index (χ3v) is 3.84. The standard InChI is InChI=1S/C13H13ClN2S2/c1-16(8-10-6-7-18-9-10)13(17)15-12-4-2-11(14)3-5-12/h2-7,9H,8H2,1H3,(H,15,17). The number of thiophene rings is 1. The highest BCUT2D eigenvalue weighted by molar-refractivity contribution is 7.80. The predicted molar refractivity (Wildman–Crippen MR) is 83.5 cm³/mol. The maximum Gasteiger partial charge on any atom is 0.173 e. The van der Waals surface area contributed by atoms with Gasteiger partial charge in [-0.15, -0.1) is 0 Å². The molecule has 0 unspecified atom stereocenters.